The maximum Gasteiger partial charge on any atom is 0.159 e. The van der Waals surface area contributed by atoms with Crippen LogP contribution in [0.25, 0.3) is 0 Å². The van der Waals surface area contributed by atoms with Gasteiger partial charge in [-0.2, -0.15) is 0 Å². The Kier molecular flexibility index (Phi) is 6.25. The Labute approximate surface area is 184 Å². The molecule has 1 aromatic heterocycles. The van der Waals surface area contributed by atoms with Gasteiger partial charge in [-0.15, -0.1) is 0 Å². The first-order valence-electron chi connectivity index (χ1n) is 9.65. The zero-order valence-electron chi connectivity index (χ0n) is 16.4. The molecule has 0 aliphatic carbocycles. The number of aromatic nitrogens is 2. The normalized spacial score (nSPS) is 10.6. The smallest absolute Gasteiger partial charge is 0.159 e. The molecule has 0 fully saturated rings. The second-order valence-corrected chi connectivity index (χ2v) is 7.75. The van der Waals surface area contributed by atoms with Crippen LogP contribution in [-0.2, 0) is 13.1 Å². The molecule has 150 valence electrons. The Morgan fingerprint density at radius 2 is 1.33 bits per heavy atom. The summed E-state index contributed by atoms with van der Waals surface area (Å²) in [7, 11) is 0. The Morgan fingerprint density at radius 3 is 1.93 bits per heavy atom. The summed E-state index contributed by atoms with van der Waals surface area (Å²) in [5.41, 5.74) is 10.3. The summed E-state index contributed by atoms with van der Waals surface area (Å²) in [4.78, 5) is 11.1. The molecule has 6 heteroatoms. The summed E-state index contributed by atoms with van der Waals surface area (Å²) in [6, 6.07) is 28.5. The van der Waals surface area contributed by atoms with Gasteiger partial charge in [0.05, 0.1) is 5.69 Å². The average Bonchev–Trinajstić information content (AvgIpc) is 2.78. The fraction of sp³-hybridized carbons (Fsp3) is 0.0833. The van der Waals surface area contributed by atoms with Crippen LogP contribution in [0.3, 0.4) is 0 Å². The minimum Gasteiger partial charge on any atom is -0.393 e. The summed E-state index contributed by atoms with van der Waals surface area (Å²) >= 11 is 3.56. The van der Waals surface area contributed by atoms with Crippen molar-refractivity contribution in [1.29, 1.82) is 0 Å². The van der Waals surface area contributed by atoms with Crippen LogP contribution in [0.2, 0.25) is 0 Å². The lowest BCUT2D eigenvalue weighted by atomic mass is 10.1. The second kappa shape index (κ2) is 9.41. The number of halogens is 1. The molecule has 0 bridgehead atoms. The largest absolute Gasteiger partial charge is 0.393 e. The molecule has 4 aromatic rings. The van der Waals surface area contributed by atoms with E-state index in [1.54, 1.807) is 6.33 Å². The fourth-order valence-electron chi connectivity index (χ4n) is 3.24. The average molecular weight is 460 g/mol. The van der Waals surface area contributed by atoms with Gasteiger partial charge in [0.2, 0.25) is 0 Å². The summed E-state index contributed by atoms with van der Waals surface area (Å²) in [6.45, 7) is 1.37. The number of para-hydroxylation sites is 1. The molecule has 0 unspecified atom stereocenters. The monoisotopic (exact) mass is 459 g/mol. The Morgan fingerprint density at radius 1 is 0.767 bits per heavy atom. The van der Waals surface area contributed by atoms with E-state index in [9.17, 15) is 0 Å². The van der Waals surface area contributed by atoms with Gasteiger partial charge in [-0.05, 0) is 39.2 Å². The molecule has 30 heavy (non-hydrogen) atoms. The first-order chi connectivity index (χ1) is 14.7. The van der Waals surface area contributed by atoms with E-state index >= 15 is 0 Å². The Bertz CT molecular complexity index is 1060. The summed E-state index contributed by atoms with van der Waals surface area (Å²) < 4.78 is 0.940. The minimum absolute atomic E-state index is 0.514. The lowest BCUT2D eigenvalue weighted by molar-refractivity contribution is 0.782. The molecule has 0 aliphatic heterocycles. The molecule has 0 saturated carbocycles. The van der Waals surface area contributed by atoms with E-state index in [2.05, 4.69) is 60.4 Å². The summed E-state index contributed by atoms with van der Waals surface area (Å²) in [5.74, 6) is 1.28. The van der Waals surface area contributed by atoms with Gasteiger partial charge in [-0.3, -0.25) is 0 Å². The van der Waals surface area contributed by atoms with Crippen molar-refractivity contribution in [2.45, 2.75) is 13.1 Å². The van der Waals surface area contributed by atoms with Gasteiger partial charge in [0.1, 0.15) is 12.0 Å². The van der Waals surface area contributed by atoms with Gasteiger partial charge >= 0.3 is 0 Å². The van der Waals surface area contributed by atoms with E-state index in [0.717, 1.165) is 10.2 Å². The first-order valence-corrected chi connectivity index (χ1v) is 10.4. The molecule has 0 aliphatic rings. The molecule has 0 atom stereocenters. The maximum atomic E-state index is 6.54. The third-order valence-electron chi connectivity index (χ3n) is 4.72. The maximum absolute atomic E-state index is 6.54. The van der Waals surface area contributed by atoms with Crippen molar-refractivity contribution in [3.05, 3.63) is 107 Å². The zero-order valence-corrected chi connectivity index (χ0v) is 18.0. The van der Waals surface area contributed by atoms with Crippen molar-refractivity contribution in [2.24, 2.45) is 0 Å². The van der Waals surface area contributed by atoms with Crippen LogP contribution in [0.15, 0.2) is 95.7 Å². The quantitative estimate of drug-likeness (QED) is 0.367. The zero-order chi connectivity index (χ0) is 20.8. The number of nitrogen functional groups attached to an aromatic ring is 1. The summed E-state index contributed by atoms with van der Waals surface area (Å²) in [6.07, 6.45) is 1.55. The van der Waals surface area contributed by atoms with Crippen molar-refractivity contribution in [2.75, 3.05) is 16.0 Å². The van der Waals surface area contributed by atoms with Crippen LogP contribution in [0.4, 0.5) is 23.0 Å². The van der Waals surface area contributed by atoms with Crippen molar-refractivity contribution in [1.82, 2.24) is 9.97 Å². The molecule has 0 spiro atoms. The predicted molar refractivity (Wildman–Crippen MR) is 127 cm³/mol. The molecule has 5 nitrogen and oxygen atoms in total. The van der Waals surface area contributed by atoms with Crippen molar-refractivity contribution >= 4 is 38.9 Å². The van der Waals surface area contributed by atoms with E-state index < -0.39 is 0 Å². The number of rotatable bonds is 7. The lowest BCUT2D eigenvalue weighted by Gasteiger charge is -2.26. The SMILES string of the molecule is Nc1c(Nc2ccccc2Br)ncnc1N(Cc1ccccc1)Cc1ccccc1. The standard InChI is InChI=1S/C24H22BrN5/c25-20-13-7-8-14-21(20)29-23-22(26)24(28-17-27-23)30(15-18-9-3-1-4-10-18)16-19-11-5-2-6-12-19/h1-14,17H,15-16,26H2,(H,27,28,29). The molecule has 3 N–H and O–H groups in total. The highest BCUT2D eigenvalue weighted by atomic mass is 79.9. The third-order valence-corrected chi connectivity index (χ3v) is 5.41. The fourth-order valence-corrected chi connectivity index (χ4v) is 3.63. The molecular weight excluding hydrogens is 438 g/mol. The number of nitrogens with one attached hydrogen (secondary N) is 1. The van der Waals surface area contributed by atoms with Crippen LogP contribution < -0.4 is 16.0 Å². The highest BCUT2D eigenvalue weighted by Gasteiger charge is 2.17. The second-order valence-electron chi connectivity index (χ2n) is 6.89. The molecule has 4 rings (SSSR count). The van der Waals surface area contributed by atoms with Gasteiger partial charge in [0.25, 0.3) is 0 Å². The number of nitrogens with two attached hydrogens (primary N) is 1. The van der Waals surface area contributed by atoms with Crippen molar-refractivity contribution in [3.63, 3.8) is 0 Å². The molecule has 0 radical (unpaired) electrons. The number of hydrogen-bond acceptors (Lipinski definition) is 5. The lowest BCUT2D eigenvalue weighted by Crippen LogP contribution is -2.24. The van der Waals surface area contributed by atoms with Crippen LogP contribution in [-0.4, -0.2) is 9.97 Å². The molecule has 1 heterocycles. The van der Waals surface area contributed by atoms with Crippen molar-refractivity contribution < 1.29 is 0 Å². The van der Waals surface area contributed by atoms with E-state index in [1.807, 2.05) is 60.7 Å². The predicted octanol–water partition coefficient (Wildman–Crippen LogP) is 5.77. The van der Waals surface area contributed by atoms with Gasteiger partial charge < -0.3 is 16.0 Å². The van der Waals surface area contributed by atoms with E-state index in [-0.39, 0.29) is 0 Å². The number of benzene rings is 3. The summed E-state index contributed by atoms with van der Waals surface area (Å²) in [5, 5.41) is 3.31. The van der Waals surface area contributed by atoms with Crippen LogP contribution in [0.1, 0.15) is 11.1 Å². The number of anilines is 4. The van der Waals surface area contributed by atoms with E-state index in [1.165, 1.54) is 11.1 Å². The number of hydrogen-bond donors (Lipinski definition) is 2. The molecular formula is C24H22BrN5. The third kappa shape index (κ3) is 4.78. The van der Waals surface area contributed by atoms with E-state index in [0.29, 0.717) is 30.4 Å². The van der Waals surface area contributed by atoms with Gasteiger partial charge in [0, 0.05) is 17.6 Å². The van der Waals surface area contributed by atoms with Crippen LogP contribution >= 0.6 is 15.9 Å². The van der Waals surface area contributed by atoms with Gasteiger partial charge in [-0.25, -0.2) is 9.97 Å². The topological polar surface area (TPSA) is 67.1 Å². The van der Waals surface area contributed by atoms with E-state index in [4.69, 9.17) is 5.73 Å². The Hall–Kier alpha value is -3.38. The highest BCUT2D eigenvalue weighted by Crippen LogP contribution is 2.32. The molecule has 0 amide bonds. The first kappa shape index (κ1) is 19.9. The van der Waals surface area contributed by atoms with Gasteiger partial charge in [-0.1, -0.05) is 72.8 Å². The Balaban J connectivity index is 1.68. The van der Waals surface area contributed by atoms with Crippen LogP contribution in [0, 0.1) is 0 Å². The molecule has 3 aromatic carbocycles. The minimum atomic E-state index is 0.514. The number of nitrogens with zero attached hydrogens (tertiary/aromatic N) is 3. The highest BCUT2D eigenvalue weighted by molar-refractivity contribution is 9.10. The van der Waals surface area contributed by atoms with Gasteiger partial charge in [0.15, 0.2) is 11.6 Å². The van der Waals surface area contributed by atoms with Crippen LogP contribution in [0.5, 0.6) is 0 Å². The molecule has 0 saturated heterocycles. The van der Waals surface area contributed by atoms with Crippen molar-refractivity contribution in [3.8, 4) is 0 Å².